The van der Waals surface area contributed by atoms with E-state index in [2.05, 4.69) is 15.4 Å². The van der Waals surface area contributed by atoms with Gasteiger partial charge < -0.3 is 24.8 Å². The van der Waals surface area contributed by atoms with Gasteiger partial charge in [-0.2, -0.15) is 8.78 Å². The Balaban J connectivity index is 0.00000484. The molecule has 0 saturated carbocycles. The first-order valence-corrected chi connectivity index (χ1v) is 6.69. The predicted molar refractivity (Wildman–Crippen MR) is 84.0 cm³/mol. The van der Waals surface area contributed by atoms with Gasteiger partial charge in [0.2, 0.25) is 0 Å². The molecule has 0 aliphatic rings. The first kappa shape index (κ1) is 21.4. The van der Waals surface area contributed by atoms with Crippen LogP contribution in [0.4, 0.5) is 8.78 Å². The Morgan fingerprint density at radius 3 is 2.52 bits per heavy atom. The summed E-state index contributed by atoms with van der Waals surface area (Å²) in [5, 5.41) is 5.73. The van der Waals surface area contributed by atoms with Crippen LogP contribution in [-0.2, 0) is 4.74 Å². The van der Waals surface area contributed by atoms with Crippen molar-refractivity contribution in [3.05, 3.63) is 23.8 Å². The molecular formula is C14H21ClF2N2O4. The lowest BCUT2D eigenvalue weighted by Gasteiger charge is -2.12. The Labute approximate surface area is 139 Å². The molecule has 0 saturated heterocycles. The Morgan fingerprint density at radius 1 is 1.17 bits per heavy atom. The molecule has 0 aliphatic heterocycles. The lowest BCUT2D eigenvalue weighted by Crippen LogP contribution is -2.33. The van der Waals surface area contributed by atoms with Gasteiger partial charge in [-0.25, -0.2) is 0 Å². The standard InChI is InChI=1S/C14H20F2N2O4.ClH/c1-20-8-7-17-5-6-18-13(19)10-3-4-11(21-2)12(9-10)22-14(15)16;/h3-4,9,14,17H,5-8H2,1-2H3,(H,18,19);1H. The average Bonchev–Trinajstić information content (AvgIpc) is 2.50. The van der Waals surface area contributed by atoms with E-state index in [4.69, 9.17) is 9.47 Å². The van der Waals surface area contributed by atoms with Gasteiger partial charge in [-0.15, -0.1) is 12.4 Å². The van der Waals surface area contributed by atoms with Crippen LogP contribution in [-0.4, -0.2) is 53.0 Å². The molecule has 0 aromatic heterocycles. The third kappa shape index (κ3) is 7.96. The predicted octanol–water partition coefficient (Wildman–Crippen LogP) is 1.68. The molecule has 0 aliphatic carbocycles. The van der Waals surface area contributed by atoms with E-state index in [0.717, 1.165) is 0 Å². The number of alkyl halides is 2. The molecule has 0 radical (unpaired) electrons. The van der Waals surface area contributed by atoms with Gasteiger partial charge in [-0.1, -0.05) is 0 Å². The van der Waals surface area contributed by atoms with Gasteiger partial charge in [0.25, 0.3) is 5.91 Å². The van der Waals surface area contributed by atoms with Crippen LogP contribution in [0.3, 0.4) is 0 Å². The minimum absolute atomic E-state index is 0. The van der Waals surface area contributed by atoms with Gasteiger partial charge in [0.15, 0.2) is 11.5 Å². The van der Waals surface area contributed by atoms with Crippen molar-refractivity contribution >= 4 is 18.3 Å². The molecule has 9 heteroatoms. The van der Waals surface area contributed by atoms with Crippen LogP contribution < -0.4 is 20.1 Å². The zero-order chi connectivity index (χ0) is 16.4. The molecule has 1 aromatic carbocycles. The molecule has 23 heavy (non-hydrogen) atoms. The summed E-state index contributed by atoms with van der Waals surface area (Å²) in [6, 6.07) is 4.10. The summed E-state index contributed by atoms with van der Waals surface area (Å²) >= 11 is 0. The van der Waals surface area contributed by atoms with Gasteiger partial charge in [0.1, 0.15) is 0 Å². The largest absolute Gasteiger partial charge is 0.493 e. The van der Waals surface area contributed by atoms with E-state index >= 15 is 0 Å². The number of carbonyl (C=O) groups is 1. The third-order valence-electron chi connectivity index (χ3n) is 2.71. The number of ether oxygens (including phenoxy) is 3. The molecule has 0 atom stereocenters. The zero-order valence-corrected chi connectivity index (χ0v) is 13.8. The van der Waals surface area contributed by atoms with Crippen LogP contribution in [0.2, 0.25) is 0 Å². The molecule has 1 rings (SSSR count). The van der Waals surface area contributed by atoms with Crippen molar-refractivity contribution in [1.82, 2.24) is 10.6 Å². The quantitative estimate of drug-likeness (QED) is 0.626. The Hall–Kier alpha value is -1.64. The van der Waals surface area contributed by atoms with Gasteiger partial charge in [0, 0.05) is 32.3 Å². The van der Waals surface area contributed by atoms with Crippen LogP contribution in [0.1, 0.15) is 10.4 Å². The molecule has 1 aromatic rings. The highest BCUT2D eigenvalue weighted by molar-refractivity contribution is 5.94. The number of benzene rings is 1. The fourth-order valence-electron chi connectivity index (χ4n) is 1.67. The lowest BCUT2D eigenvalue weighted by atomic mass is 10.2. The van der Waals surface area contributed by atoms with E-state index in [0.29, 0.717) is 26.2 Å². The molecular weight excluding hydrogens is 334 g/mol. The summed E-state index contributed by atoms with van der Waals surface area (Å²) in [7, 11) is 2.94. The first-order chi connectivity index (χ1) is 10.6. The second kappa shape index (κ2) is 11.9. The molecule has 1 amide bonds. The summed E-state index contributed by atoms with van der Waals surface area (Å²) in [4.78, 5) is 11.9. The average molecular weight is 355 g/mol. The second-order valence-electron chi connectivity index (χ2n) is 4.24. The monoisotopic (exact) mass is 354 g/mol. The number of carbonyl (C=O) groups excluding carboxylic acids is 1. The topological polar surface area (TPSA) is 68.8 Å². The van der Waals surface area contributed by atoms with Crippen LogP contribution >= 0.6 is 12.4 Å². The van der Waals surface area contributed by atoms with Crippen LogP contribution in [0.15, 0.2) is 18.2 Å². The molecule has 0 fully saturated rings. The summed E-state index contributed by atoms with van der Waals surface area (Å²) in [6.07, 6.45) is 0. The van der Waals surface area contributed by atoms with Crippen LogP contribution in [0.25, 0.3) is 0 Å². The number of amides is 1. The van der Waals surface area contributed by atoms with Gasteiger partial charge in [-0.05, 0) is 18.2 Å². The normalized spacial score (nSPS) is 10.1. The third-order valence-corrected chi connectivity index (χ3v) is 2.71. The van der Waals surface area contributed by atoms with Gasteiger partial charge >= 0.3 is 6.61 Å². The second-order valence-corrected chi connectivity index (χ2v) is 4.24. The Kier molecular flexibility index (Phi) is 11.0. The molecule has 132 valence electrons. The highest BCUT2D eigenvalue weighted by Gasteiger charge is 2.14. The highest BCUT2D eigenvalue weighted by Crippen LogP contribution is 2.29. The van der Waals surface area contributed by atoms with E-state index in [1.165, 1.54) is 25.3 Å². The number of methoxy groups -OCH3 is 2. The minimum atomic E-state index is -2.99. The van der Waals surface area contributed by atoms with Crippen molar-refractivity contribution in [2.24, 2.45) is 0 Å². The lowest BCUT2D eigenvalue weighted by molar-refractivity contribution is -0.0512. The number of rotatable bonds is 10. The van der Waals surface area contributed by atoms with Crippen molar-refractivity contribution in [3.63, 3.8) is 0 Å². The number of hydrogen-bond acceptors (Lipinski definition) is 5. The number of nitrogens with one attached hydrogen (secondary N) is 2. The van der Waals surface area contributed by atoms with Gasteiger partial charge in [-0.3, -0.25) is 4.79 Å². The molecule has 6 nitrogen and oxygen atoms in total. The SMILES string of the molecule is COCCNCCNC(=O)c1ccc(OC)c(OC(F)F)c1.Cl. The molecule has 0 spiro atoms. The van der Waals surface area contributed by atoms with Crippen molar-refractivity contribution in [2.45, 2.75) is 6.61 Å². The number of hydrogen-bond donors (Lipinski definition) is 2. The van der Waals surface area contributed by atoms with E-state index < -0.39 is 6.61 Å². The summed E-state index contributed by atoms with van der Waals surface area (Å²) in [5.41, 5.74) is 0.216. The van der Waals surface area contributed by atoms with Crippen molar-refractivity contribution in [2.75, 3.05) is 40.5 Å². The zero-order valence-electron chi connectivity index (χ0n) is 12.9. The maximum Gasteiger partial charge on any atom is 0.387 e. The van der Waals surface area contributed by atoms with E-state index in [1.807, 2.05) is 0 Å². The van der Waals surface area contributed by atoms with Crippen LogP contribution in [0.5, 0.6) is 11.5 Å². The first-order valence-electron chi connectivity index (χ1n) is 6.69. The molecule has 0 unspecified atom stereocenters. The maximum atomic E-state index is 12.3. The highest BCUT2D eigenvalue weighted by atomic mass is 35.5. The van der Waals surface area contributed by atoms with Gasteiger partial charge in [0.05, 0.1) is 13.7 Å². The Morgan fingerprint density at radius 2 is 1.91 bits per heavy atom. The van der Waals surface area contributed by atoms with E-state index in [-0.39, 0.29) is 35.4 Å². The van der Waals surface area contributed by atoms with Crippen molar-refractivity contribution in [3.8, 4) is 11.5 Å². The molecule has 0 heterocycles. The number of halogens is 3. The van der Waals surface area contributed by atoms with E-state index in [1.54, 1.807) is 7.11 Å². The Bertz CT molecular complexity index is 478. The summed E-state index contributed by atoms with van der Waals surface area (Å²) in [5.74, 6) is -0.420. The fraction of sp³-hybridized carbons (Fsp3) is 0.500. The van der Waals surface area contributed by atoms with Crippen molar-refractivity contribution in [1.29, 1.82) is 0 Å². The van der Waals surface area contributed by atoms with Crippen LogP contribution in [0, 0.1) is 0 Å². The molecule has 0 bridgehead atoms. The smallest absolute Gasteiger partial charge is 0.387 e. The summed E-state index contributed by atoms with van der Waals surface area (Å²) in [6.45, 7) is -0.745. The minimum Gasteiger partial charge on any atom is -0.493 e. The maximum absolute atomic E-state index is 12.3. The van der Waals surface area contributed by atoms with E-state index in [9.17, 15) is 13.6 Å². The van der Waals surface area contributed by atoms with Crippen molar-refractivity contribution < 1.29 is 27.8 Å². The fourth-order valence-corrected chi connectivity index (χ4v) is 1.67. The molecule has 2 N–H and O–H groups in total. The summed E-state index contributed by atoms with van der Waals surface area (Å²) < 4.78 is 38.8.